The molecule has 2 aromatic heterocycles. The molecule has 0 atom stereocenters. The SMILES string of the molecule is O=C(O)/C=C/c1ncc(/C(=C(\c2ccccc2)C2CCC2)c2ccc3[nH]nc(F)c3c2)cc1F. The summed E-state index contributed by atoms with van der Waals surface area (Å²) in [5.41, 5.74) is 4.64. The molecule has 5 nitrogen and oxygen atoms in total. The van der Waals surface area contributed by atoms with Gasteiger partial charge in [-0.1, -0.05) is 42.8 Å². The summed E-state index contributed by atoms with van der Waals surface area (Å²) in [4.78, 5) is 15.0. The number of carboxylic acid groups (broad SMARTS) is 1. The van der Waals surface area contributed by atoms with E-state index in [4.69, 9.17) is 5.11 Å². The number of H-pyrrole nitrogens is 1. The largest absolute Gasteiger partial charge is 0.478 e. The summed E-state index contributed by atoms with van der Waals surface area (Å²) in [6.07, 6.45) is 6.63. The summed E-state index contributed by atoms with van der Waals surface area (Å²) in [6, 6.07) is 16.6. The quantitative estimate of drug-likeness (QED) is 0.271. The molecule has 1 saturated carbocycles. The highest BCUT2D eigenvalue weighted by Gasteiger charge is 2.28. The predicted molar refractivity (Wildman–Crippen MR) is 127 cm³/mol. The number of aromatic nitrogens is 3. The van der Waals surface area contributed by atoms with E-state index in [1.165, 1.54) is 12.3 Å². The average Bonchev–Trinajstić information content (AvgIpc) is 3.17. The third-order valence-corrected chi connectivity index (χ3v) is 6.21. The summed E-state index contributed by atoms with van der Waals surface area (Å²) in [5.74, 6) is -2.14. The highest BCUT2D eigenvalue weighted by atomic mass is 19.1. The zero-order chi connectivity index (χ0) is 23.7. The van der Waals surface area contributed by atoms with Gasteiger partial charge in [-0.3, -0.25) is 10.1 Å². The molecule has 2 heterocycles. The lowest BCUT2D eigenvalue weighted by Crippen LogP contribution is -2.15. The van der Waals surface area contributed by atoms with Crippen LogP contribution in [0.5, 0.6) is 0 Å². The zero-order valence-electron chi connectivity index (χ0n) is 18.1. The number of aliphatic carboxylic acids is 1. The van der Waals surface area contributed by atoms with Crippen LogP contribution in [-0.2, 0) is 4.79 Å². The minimum Gasteiger partial charge on any atom is -0.478 e. The molecule has 2 N–H and O–H groups in total. The molecule has 0 amide bonds. The number of aromatic amines is 1. The summed E-state index contributed by atoms with van der Waals surface area (Å²) in [7, 11) is 0. The number of carbonyl (C=O) groups is 1. The molecule has 2 aromatic carbocycles. The molecule has 0 unspecified atom stereocenters. The first-order valence-corrected chi connectivity index (χ1v) is 11.0. The number of nitrogens with zero attached hydrogens (tertiary/aromatic N) is 2. The maximum atomic E-state index is 15.0. The van der Waals surface area contributed by atoms with E-state index in [1.54, 1.807) is 12.1 Å². The van der Waals surface area contributed by atoms with Gasteiger partial charge in [0.05, 0.1) is 16.6 Å². The molecular weight excluding hydrogens is 436 g/mol. The van der Waals surface area contributed by atoms with Crippen molar-refractivity contribution < 1.29 is 18.7 Å². The topological polar surface area (TPSA) is 78.9 Å². The molecule has 1 aliphatic rings. The second-order valence-corrected chi connectivity index (χ2v) is 8.32. The fourth-order valence-corrected chi connectivity index (χ4v) is 4.37. The molecule has 1 fully saturated rings. The Kier molecular flexibility index (Phi) is 5.76. The van der Waals surface area contributed by atoms with E-state index in [1.807, 2.05) is 36.4 Å². The smallest absolute Gasteiger partial charge is 0.328 e. The van der Waals surface area contributed by atoms with Gasteiger partial charge in [0.25, 0.3) is 0 Å². The molecule has 0 aliphatic heterocycles. The van der Waals surface area contributed by atoms with E-state index in [-0.39, 0.29) is 11.6 Å². The third-order valence-electron chi connectivity index (χ3n) is 6.21. The Hall–Kier alpha value is -4.13. The van der Waals surface area contributed by atoms with Crippen LogP contribution in [0.2, 0.25) is 0 Å². The molecule has 1 aliphatic carbocycles. The van der Waals surface area contributed by atoms with Crippen LogP contribution in [0, 0.1) is 17.7 Å². The summed E-state index contributed by atoms with van der Waals surface area (Å²) >= 11 is 0. The molecule has 0 bridgehead atoms. The number of rotatable bonds is 6. The Morgan fingerprint density at radius 1 is 1.03 bits per heavy atom. The Labute approximate surface area is 194 Å². The van der Waals surface area contributed by atoms with E-state index in [0.29, 0.717) is 16.5 Å². The lowest BCUT2D eigenvalue weighted by molar-refractivity contribution is -0.131. The van der Waals surface area contributed by atoms with Crippen molar-refractivity contribution in [3.8, 4) is 0 Å². The molecule has 0 radical (unpaired) electrons. The van der Waals surface area contributed by atoms with E-state index in [0.717, 1.165) is 53.7 Å². The van der Waals surface area contributed by atoms with Gasteiger partial charge in [-0.2, -0.15) is 4.39 Å². The van der Waals surface area contributed by atoms with E-state index < -0.39 is 17.7 Å². The molecule has 170 valence electrons. The average molecular weight is 457 g/mol. The van der Waals surface area contributed by atoms with Gasteiger partial charge in [-0.05, 0) is 65.3 Å². The van der Waals surface area contributed by atoms with Gasteiger partial charge < -0.3 is 5.11 Å². The molecule has 0 saturated heterocycles. The first-order chi connectivity index (χ1) is 16.5. The van der Waals surface area contributed by atoms with Gasteiger partial charge in [0.2, 0.25) is 5.95 Å². The van der Waals surface area contributed by atoms with E-state index in [9.17, 15) is 9.18 Å². The Morgan fingerprint density at radius 2 is 1.82 bits per heavy atom. The number of pyridine rings is 1. The lowest BCUT2D eigenvalue weighted by atomic mass is 9.73. The number of hydrogen-bond acceptors (Lipinski definition) is 3. The van der Waals surface area contributed by atoms with Crippen LogP contribution in [0.4, 0.5) is 8.78 Å². The zero-order valence-corrected chi connectivity index (χ0v) is 18.1. The second kappa shape index (κ2) is 9.02. The van der Waals surface area contributed by atoms with E-state index in [2.05, 4.69) is 15.2 Å². The second-order valence-electron chi connectivity index (χ2n) is 8.32. The van der Waals surface area contributed by atoms with Gasteiger partial charge in [0, 0.05) is 17.8 Å². The number of nitrogens with one attached hydrogen (secondary N) is 1. The van der Waals surface area contributed by atoms with Crippen molar-refractivity contribution in [1.29, 1.82) is 0 Å². The summed E-state index contributed by atoms with van der Waals surface area (Å²) < 4.78 is 29.3. The van der Waals surface area contributed by atoms with Crippen LogP contribution < -0.4 is 0 Å². The summed E-state index contributed by atoms with van der Waals surface area (Å²) in [6.45, 7) is 0. The third kappa shape index (κ3) is 4.12. The van der Waals surface area contributed by atoms with Crippen LogP contribution in [0.25, 0.3) is 28.1 Å². The van der Waals surface area contributed by atoms with E-state index >= 15 is 4.39 Å². The molecule has 4 aromatic rings. The standard InChI is InChI=1S/C27H21F2N3O2/c28-21-14-19(15-30-23(21)11-12-24(33)34)26(18-9-10-22-20(13-18)27(29)32-31-22)25(17-7-4-8-17)16-5-2-1-3-6-16/h1-3,5-6,9-15,17H,4,7-8H2,(H,31,32)(H,33,34)/b12-11+,26-25+. The van der Waals surface area contributed by atoms with Crippen molar-refractivity contribution in [1.82, 2.24) is 15.2 Å². The minimum atomic E-state index is -1.18. The van der Waals surface area contributed by atoms with Crippen molar-refractivity contribution >= 4 is 34.1 Å². The van der Waals surface area contributed by atoms with Gasteiger partial charge in [-0.15, -0.1) is 5.10 Å². The maximum absolute atomic E-state index is 15.0. The highest BCUT2D eigenvalue weighted by molar-refractivity contribution is 6.01. The molecule has 0 spiro atoms. The number of fused-ring (bicyclic) bond motifs is 1. The van der Waals surface area contributed by atoms with Crippen LogP contribution in [0.3, 0.4) is 0 Å². The van der Waals surface area contributed by atoms with Crippen molar-refractivity contribution in [2.75, 3.05) is 0 Å². The van der Waals surface area contributed by atoms with Crippen LogP contribution in [0.1, 0.15) is 41.6 Å². The normalized spacial score (nSPS) is 14.9. The van der Waals surface area contributed by atoms with Gasteiger partial charge >= 0.3 is 5.97 Å². The van der Waals surface area contributed by atoms with Crippen LogP contribution >= 0.6 is 0 Å². The first kappa shape index (κ1) is 21.7. The van der Waals surface area contributed by atoms with Crippen molar-refractivity contribution in [2.45, 2.75) is 19.3 Å². The highest BCUT2D eigenvalue weighted by Crippen LogP contribution is 2.45. The molecular formula is C27H21F2N3O2. The number of hydrogen-bond donors (Lipinski definition) is 2. The summed E-state index contributed by atoms with van der Waals surface area (Å²) in [5, 5.41) is 15.5. The number of allylic oxidation sites excluding steroid dienone is 1. The van der Waals surface area contributed by atoms with Gasteiger partial charge in [0.15, 0.2) is 0 Å². The fourth-order valence-electron chi connectivity index (χ4n) is 4.37. The molecule has 34 heavy (non-hydrogen) atoms. The predicted octanol–water partition coefficient (Wildman–Crippen LogP) is 6.09. The van der Waals surface area contributed by atoms with Crippen LogP contribution in [-0.4, -0.2) is 26.3 Å². The first-order valence-electron chi connectivity index (χ1n) is 11.0. The minimum absolute atomic E-state index is 0.0632. The van der Waals surface area contributed by atoms with Crippen molar-refractivity contribution in [3.05, 3.63) is 101 Å². The Morgan fingerprint density at radius 3 is 2.50 bits per heavy atom. The van der Waals surface area contributed by atoms with Gasteiger partial charge in [-0.25, -0.2) is 9.18 Å². The lowest BCUT2D eigenvalue weighted by Gasteiger charge is -2.31. The van der Waals surface area contributed by atoms with Gasteiger partial charge in [0.1, 0.15) is 5.82 Å². The Balaban J connectivity index is 1.76. The number of halogens is 2. The Bertz CT molecular complexity index is 1440. The maximum Gasteiger partial charge on any atom is 0.328 e. The van der Waals surface area contributed by atoms with Crippen molar-refractivity contribution in [3.63, 3.8) is 0 Å². The fraction of sp³-hybridized carbons (Fsp3) is 0.148. The van der Waals surface area contributed by atoms with Crippen LogP contribution in [0.15, 0.2) is 66.9 Å². The number of benzene rings is 2. The molecule has 5 rings (SSSR count). The molecule has 7 heteroatoms. The number of carboxylic acids is 1. The van der Waals surface area contributed by atoms with Crippen molar-refractivity contribution in [2.24, 2.45) is 5.92 Å². The monoisotopic (exact) mass is 457 g/mol.